The molecule has 0 unspecified atom stereocenters. The molecule has 1 aromatic carbocycles. The molecule has 1 fully saturated rings. The van der Waals surface area contributed by atoms with Gasteiger partial charge in [-0.15, -0.1) is 0 Å². The van der Waals surface area contributed by atoms with E-state index in [1.54, 1.807) is 6.20 Å². The number of anilines is 1. The van der Waals surface area contributed by atoms with Crippen LogP contribution in [0.25, 0.3) is 10.8 Å². The highest BCUT2D eigenvalue weighted by atomic mass is 15.3. The number of hydrogen-bond donors (Lipinski definition) is 0. The van der Waals surface area contributed by atoms with Crippen LogP contribution in [0.4, 0.5) is 5.82 Å². The quantitative estimate of drug-likeness (QED) is 0.777. The largest absolute Gasteiger partial charge is 0.354 e. The summed E-state index contributed by atoms with van der Waals surface area (Å²) in [5, 5.41) is 11.2. The molecule has 4 heteroatoms. The first-order valence-corrected chi connectivity index (χ1v) is 6.51. The minimum absolute atomic E-state index is 0.647. The third kappa shape index (κ3) is 2.13. The highest BCUT2D eigenvalue weighted by Crippen LogP contribution is 2.27. The lowest BCUT2D eigenvalue weighted by atomic mass is 10.1. The van der Waals surface area contributed by atoms with E-state index in [2.05, 4.69) is 34.0 Å². The Morgan fingerprint density at radius 3 is 2.47 bits per heavy atom. The minimum atomic E-state index is 0.647. The molecule has 0 radical (unpaired) electrons. The van der Waals surface area contributed by atoms with Crippen LogP contribution in [0.3, 0.4) is 0 Å². The number of benzene rings is 1. The van der Waals surface area contributed by atoms with Crippen molar-refractivity contribution in [2.75, 3.05) is 38.1 Å². The number of piperazine rings is 1. The van der Waals surface area contributed by atoms with Gasteiger partial charge in [-0.1, -0.05) is 24.3 Å². The molecule has 0 N–H and O–H groups in total. The molecule has 1 aliphatic heterocycles. The van der Waals surface area contributed by atoms with Crippen LogP contribution in [0.2, 0.25) is 0 Å². The first-order chi connectivity index (χ1) is 9.29. The fourth-order valence-corrected chi connectivity index (χ4v) is 2.54. The summed E-state index contributed by atoms with van der Waals surface area (Å²) in [7, 11) is 2.14. The number of hydrogen-bond acceptors (Lipinski definition) is 4. The Morgan fingerprint density at radius 2 is 1.79 bits per heavy atom. The zero-order valence-corrected chi connectivity index (χ0v) is 11.0. The van der Waals surface area contributed by atoms with Crippen molar-refractivity contribution >= 4 is 16.6 Å². The van der Waals surface area contributed by atoms with Crippen LogP contribution in [0.5, 0.6) is 0 Å². The van der Waals surface area contributed by atoms with Crippen LogP contribution in [-0.4, -0.2) is 43.1 Å². The number of likely N-dealkylation sites (N-methyl/N-ethyl adjacent to an activating group) is 1. The van der Waals surface area contributed by atoms with Crippen LogP contribution in [0.1, 0.15) is 5.56 Å². The monoisotopic (exact) mass is 252 g/mol. The molecule has 0 aliphatic carbocycles. The predicted molar refractivity (Wildman–Crippen MR) is 76.2 cm³/mol. The van der Waals surface area contributed by atoms with Gasteiger partial charge in [0.05, 0.1) is 5.56 Å². The molecule has 1 aromatic heterocycles. The molecule has 0 atom stereocenters. The van der Waals surface area contributed by atoms with Crippen LogP contribution in [0, 0.1) is 11.3 Å². The lowest BCUT2D eigenvalue weighted by molar-refractivity contribution is 0.312. The van der Waals surface area contributed by atoms with Crippen molar-refractivity contribution in [3.8, 4) is 6.07 Å². The van der Waals surface area contributed by atoms with E-state index >= 15 is 0 Å². The Bertz CT molecular complexity index is 636. The molecule has 96 valence electrons. The van der Waals surface area contributed by atoms with E-state index in [0.717, 1.165) is 42.8 Å². The van der Waals surface area contributed by atoms with Crippen LogP contribution < -0.4 is 4.90 Å². The third-order valence-corrected chi connectivity index (χ3v) is 3.70. The molecule has 1 aliphatic rings. The van der Waals surface area contributed by atoms with E-state index in [-0.39, 0.29) is 0 Å². The summed E-state index contributed by atoms with van der Waals surface area (Å²) in [6, 6.07) is 10.2. The number of rotatable bonds is 1. The van der Waals surface area contributed by atoms with Gasteiger partial charge in [0.25, 0.3) is 0 Å². The average Bonchev–Trinajstić information content (AvgIpc) is 2.47. The topological polar surface area (TPSA) is 43.2 Å². The van der Waals surface area contributed by atoms with Crippen molar-refractivity contribution in [1.82, 2.24) is 9.88 Å². The van der Waals surface area contributed by atoms with Crippen molar-refractivity contribution in [3.05, 3.63) is 36.0 Å². The van der Waals surface area contributed by atoms with Crippen LogP contribution in [0.15, 0.2) is 30.5 Å². The highest BCUT2D eigenvalue weighted by molar-refractivity contribution is 5.95. The van der Waals surface area contributed by atoms with Crippen molar-refractivity contribution in [2.24, 2.45) is 0 Å². The zero-order chi connectivity index (χ0) is 13.2. The molecule has 1 saturated heterocycles. The molecule has 0 amide bonds. The maximum atomic E-state index is 9.16. The number of pyridine rings is 1. The Morgan fingerprint density at radius 1 is 1.11 bits per heavy atom. The summed E-state index contributed by atoms with van der Waals surface area (Å²) < 4.78 is 0. The maximum Gasteiger partial charge on any atom is 0.136 e. The van der Waals surface area contributed by atoms with E-state index in [9.17, 15) is 0 Å². The first kappa shape index (κ1) is 11.9. The van der Waals surface area contributed by atoms with Crippen LogP contribution >= 0.6 is 0 Å². The van der Waals surface area contributed by atoms with Gasteiger partial charge in [-0.2, -0.15) is 5.26 Å². The van der Waals surface area contributed by atoms with Gasteiger partial charge in [-0.25, -0.2) is 4.98 Å². The molecule has 3 rings (SSSR count). The van der Waals surface area contributed by atoms with E-state index in [1.807, 2.05) is 18.2 Å². The molecule has 2 aromatic rings. The molecule has 2 heterocycles. The molecule has 0 spiro atoms. The minimum Gasteiger partial charge on any atom is -0.354 e. The summed E-state index contributed by atoms with van der Waals surface area (Å²) in [5.41, 5.74) is 0.647. The van der Waals surface area contributed by atoms with E-state index in [1.165, 1.54) is 0 Å². The molecule has 4 nitrogen and oxygen atoms in total. The Hall–Kier alpha value is -2.12. The van der Waals surface area contributed by atoms with Gasteiger partial charge in [-0.3, -0.25) is 0 Å². The van der Waals surface area contributed by atoms with Gasteiger partial charge in [0.2, 0.25) is 0 Å². The second-order valence-corrected chi connectivity index (χ2v) is 4.94. The van der Waals surface area contributed by atoms with E-state index < -0.39 is 0 Å². The lowest BCUT2D eigenvalue weighted by Crippen LogP contribution is -2.44. The smallest absolute Gasteiger partial charge is 0.136 e. The Balaban J connectivity index is 2.08. The normalized spacial score (nSPS) is 16.5. The van der Waals surface area contributed by atoms with Crippen molar-refractivity contribution in [3.63, 3.8) is 0 Å². The van der Waals surface area contributed by atoms with Gasteiger partial charge in [0, 0.05) is 43.1 Å². The van der Waals surface area contributed by atoms with Crippen molar-refractivity contribution in [2.45, 2.75) is 0 Å². The molecule has 19 heavy (non-hydrogen) atoms. The maximum absolute atomic E-state index is 9.16. The number of fused-ring (bicyclic) bond motifs is 1. The van der Waals surface area contributed by atoms with E-state index in [0.29, 0.717) is 5.56 Å². The van der Waals surface area contributed by atoms with Gasteiger partial charge < -0.3 is 9.80 Å². The fourth-order valence-electron chi connectivity index (χ4n) is 2.54. The summed E-state index contributed by atoms with van der Waals surface area (Å²) in [6.45, 7) is 4.07. The Labute approximate surface area is 112 Å². The highest BCUT2D eigenvalue weighted by Gasteiger charge is 2.18. The van der Waals surface area contributed by atoms with E-state index in [4.69, 9.17) is 5.26 Å². The molecule has 0 bridgehead atoms. The molecular weight excluding hydrogens is 236 g/mol. The number of nitriles is 1. The van der Waals surface area contributed by atoms with Gasteiger partial charge in [-0.05, 0) is 7.05 Å². The van der Waals surface area contributed by atoms with Crippen LogP contribution in [-0.2, 0) is 0 Å². The molecule has 0 saturated carbocycles. The summed E-state index contributed by atoms with van der Waals surface area (Å²) in [4.78, 5) is 9.14. The SMILES string of the molecule is CN1CCN(c2ncc(C#N)c3ccccc23)CC1. The average molecular weight is 252 g/mol. The lowest BCUT2D eigenvalue weighted by Gasteiger charge is -2.33. The Kier molecular flexibility index (Phi) is 3.06. The van der Waals surface area contributed by atoms with Crippen molar-refractivity contribution < 1.29 is 0 Å². The zero-order valence-electron chi connectivity index (χ0n) is 11.0. The van der Waals surface area contributed by atoms with Gasteiger partial charge >= 0.3 is 0 Å². The summed E-state index contributed by atoms with van der Waals surface area (Å²) in [5.74, 6) is 1.00. The summed E-state index contributed by atoms with van der Waals surface area (Å²) in [6.07, 6.45) is 1.69. The predicted octanol–water partition coefficient (Wildman–Crippen LogP) is 1.86. The van der Waals surface area contributed by atoms with Gasteiger partial charge in [0.1, 0.15) is 11.9 Å². The molecular formula is C15H16N4. The van der Waals surface area contributed by atoms with Crippen molar-refractivity contribution in [1.29, 1.82) is 5.26 Å². The number of nitrogens with zero attached hydrogens (tertiary/aromatic N) is 4. The number of aromatic nitrogens is 1. The third-order valence-electron chi connectivity index (χ3n) is 3.70. The van der Waals surface area contributed by atoms with Gasteiger partial charge in [0.15, 0.2) is 0 Å². The second-order valence-electron chi connectivity index (χ2n) is 4.94. The summed E-state index contributed by atoms with van der Waals surface area (Å²) >= 11 is 0. The fraction of sp³-hybridized carbons (Fsp3) is 0.333. The first-order valence-electron chi connectivity index (χ1n) is 6.51. The standard InChI is InChI=1S/C15H16N4/c1-18-6-8-19(9-7-18)15-14-5-3-2-4-13(14)12(10-16)11-17-15/h2-5,11H,6-9H2,1H3. The second kappa shape index (κ2) is 4.87.